The fourth-order valence-corrected chi connectivity index (χ4v) is 3.74. The van der Waals surface area contributed by atoms with Gasteiger partial charge in [0, 0.05) is 24.0 Å². The van der Waals surface area contributed by atoms with E-state index in [-0.39, 0.29) is 29.0 Å². The van der Waals surface area contributed by atoms with E-state index in [0.29, 0.717) is 13.0 Å². The number of amides is 2. The number of nitrogens with one attached hydrogen (secondary N) is 3. The van der Waals surface area contributed by atoms with Crippen molar-refractivity contribution in [3.05, 3.63) is 0 Å². The Morgan fingerprint density at radius 3 is 2.26 bits per heavy atom. The monoisotopic (exact) mass is 327 g/mol. The number of carbonyl (C=O) groups excluding carboxylic acids is 2. The Morgan fingerprint density at radius 1 is 1.22 bits per heavy atom. The Balaban J connectivity index is 3.42. The number of piperidine rings is 1. The third kappa shape index (κ3) is 3.62. The second kappa shape index (κ2) is 7.07. The Bertz CT molecular complexity index is 456. The van der Waals surface area contributed by atoms with Crippen molar-refractivity contribution < 1.29 is 14.3 Å². The highest BCUT2D eigenvalue weighted by Gasteiger charge is 2.59. The van der Waals surface area contributed by atoms with E-state index in [2.05, 4.69) is 43.6 Å². The lowest BCUT2D eigenvalue weighted by molar-refractivity contribution is -0.160. The lowest BCUT2D eigenvalue weighted by Crippen LogP contribution is -2.77. The maximum absolute atomic E-state index is 12.9. The third-order valence-corrected chi connectivity index (χ3v) is 5.67. The van der Waals surface area contributed by atoms with Gasteiger partial charge in [-0.25, -0.2) is 9.59 Å². The predicted octanol–water partition coefficient (Wildman–Crippen LogP) is 2.18. The molecule has 2 amide bonds. The van der Waals surface area contributed by atoms with Gasteiger partial charge in [0.1, 0.15) is 5.54 Å². The van der Waals surface area contributed by atoms with Crippen molar-refractivity contribution in [2.24, 2.45) is 5.92 Å². The van der Waals surface area contributed by atoms with Gasteiger partial charge in [0.05, 0.1) is 6.61 Å². The molecule has 0 spiro atoms. The summed E-state index contributed by atoms with van der Waals surface area (Å²) in [5, 5.41) is 9.22. The molecule has 0 bridgehead atoms. The van der Waals surface area contributed by atoms with Crippen LogP contribution in [0, 0.1) is 5.92 Å². The number of rotatable bonds is 5. The Labute approximate surface area is 140 Å². The summed E-state index contributed by atoms with van der Waals surface area (Å²) in [6, 6.07) is -0.358. The maximum Gasteiger partial charge on any atom is 0.332 e. The van der Waals surface area contributed by atoms with Gasteiger partial charge in [-0.3, -0.25) is 0 Å². The van der Waals surface area contributed by atoms with E-state index in [0.717, 1.165) is 12.8 Å². The molecule has 4 atom stereocenters. The van der Waals surface area contributed by atoms with Crippen LogP contribution in [0.25, 0.3) is 0 Å². The van der Waals surface area contributed by atoms with Gasteiger partial charge >= 0.3 is 12.0 Å². The molecule has 1 fully saturated rings. The third-order valence-electron chi connectivity index (χ3n) is 5.67. The second-order valence-electron chi connectivity index (χ2n) is 7.10. The molecule has 6 heteroatoms. The van der Waals surface area contributed by atoms with Gasteiger partial charge in [-0.05, 0) is 40.0 Å². The summed E-state index contributed by atoms with van der Waals surface area (Å²) in [7, 11) is 1.55. The number of hydrogen-bond acceptors (Lipinski definition) is 4. The first kappa shape index (κ1) is 19.7. The molecule has 6 nitrogen and oxygen atoms in total. The molecule has 1 aliphatic heterocycles. The zero-order valence-corrected chi connectivity index (χ0v) is 15.6. The minimum absolute atomic E-state index is 0.115. The first-order valence-corrected chi connectivity index (χ1v) is 8.59. The summed E-state index contributed by atoms with van der Waals surface area (Å²) in [5.41, 5.74) is -1.58. The second-order valence-corrected chi connectivity index (χ2v) is 7.10. The molecule has 134 valence electrons. The lowest BCUT2D eigenvalue weighted by Gasteiger charge is -2.57. The summed E-state index contributed by atoms with van der Waals surface area (Å²) in [6.07, 6.45) is 2.20. The Kier molecular flexibility index (Phi) is 6.07. The summed E-state index contributed by atoms with van der Waals surface area (Å²) < 4.78 is 5.37. The molecule has 23 heavy (non-hydrogen) atoms. The van der Waals surface area contributed by atoms with Crippen LogP contribution in [0.15, 0.2) is 0 Å². The van der Waals surface area contributed by atoms with Crippen molar-refractivity contribution in [1.29, 1.82) is 0 Å². The Morgan fingerprint density at radius 2 is 1.83 bits per heavy atom. The van der Waals surface area contributed by atoms with Crippen LogP contribution in [0.5, 0.6) is 0 Å². The fourth-order valence-electron chi connectivity index (χ4n) is 3.74. The van der Waals surface area contributed by atoms with Crippen LogP contribution < -0.4 is 16.0 Å². The van der Waals surface area contributed by atoms with Crippen LogP contribution in [0.2, 0.25) is 0 Å². The van der Waals surface area contributed by atoms with E-state index in [1.165, 1.54) is 0 Å². The number of ether oxygens (including phenoxy) is 1. The first-order valence-electron chi connectivity index (χ1n) is 8.59. The minimum atomic E-state index is -1.04. The highest BCUT2D eigenvalue weighted by molar-refractivity contribution is 5.88. The first-order chi connectivity index (χ1) is 10.6. The fraction of sp³-hybridized carbons (Fsp3) is 0.882. The lowest BCUT2D eigenvalue weighted by atomic mass is 9.61. The van der Waals surface area contributed by atoms with Gasteiger partial charge in [-0.15, -0.1) is 0 Å². The molecule has 1 saturated heterocycles. The molecule has 0 radical (unpaired) electrons. The summed E-state index contributed by atoms with van der Waals surface area (Å²) >= 11 is 0. The van der Waals surface area contributed by atoms with Crippen LogP contribution >= 0.6 is 0 Å². The standard InChI is InChI=1S/C17H33N3O3/c1-8-15(5)11-17(13(21)23-10-3,19-14(22)18-7)12(4)16(6,9-2)20-15/h12,20H,8-11H2,1-7H3,(H2,18,19,22). The van der Waals surface area contributed by atoms with Gasteiger partial charge < -0.3 is 20.7 Å². The van der Waals surface area contributed by atoms with Crippen molar-refractivity contribution in [2.45, 2.75) is 77.4 Å². The topological polar surface area (TPSA) is 79.5 Å². The quantitative estimate of drug-likeness (QED) is 0.676. The normalized spacial score (nSPS) is 37.1. The zero-order valence-electron chi connectivity index (χ0n) is 15.6. The molecule has 0 saturated carbocycles. The van der Waals surface area contributed by atoms with Crippen LogP contribution in [0.4, 0.5) is 4.79 Å². The van der Waals surface area contributed by atoms with E-state index in [1.807, 2.05) is 6.92 Å². The van der Waals surface area contributed by atoms with E-state index in [4.69, 9.17) is 4.74 Å². The molecule has 1 rings (SSSR count). The van der Waals surface area contributed by atoms with Crippen LogP contribution in [0.1, 0.15) is 60.8 Å². The SMILES string of the molecule is CCOC(=O)C1(NC(=O)NC)CC(C)(CC)NC(C)(CC)C1C. The molecule has 0 aliphatic carbocycles. The molecule has 0 aromatic heterocycles. The molecule has 1 aliphatic rings. The van der Waals surface area contributed by atoms with Gasteiger partial charge in [0.2, 0.25) is 0 Å². The van der Waals surface area contributed by atoms with E-state index in [9.17, 15) is 9.59 Å². The summed E-state index contributed by atoms with van der Waals surface area (Å²) in [5.74, 6) is -0.465. The predicted molar refractivity (Wildman–Crippen MR) is 91.3 cm³/mol. The molecular weight excluding hydrogens is 294 g/mol. The number of esters is 1. The van der Waals surface area contributed by atoms with Crippen LogP contribution in [-0.4, -0.2) is 42.3 Å². The molecule has 4 unspecified atom stereocenters. The van der Waals surface area contributed by atoms with Gasteiger partial charge in [0.15, 0.2) is 0 Å². The summed E-state index contributed by atoms with van der Waals surface area (Å²) in [6.45, 7) is 12.5. The van der Waals surface area contributed by atoms with Gasteiger partial charge in [-0.1, -0.05) is 20.8 Å². The molecule has 0 aromatic carbocycles. The smallest absolute Gasteiger partial charge is 0.332 e. The molecular formula is C17H33N3O3. The highest BCUT2D eigenvalue weighted by atomic mass is 16.5. The zero-order chi connectivity index (χ0) is 17.9. The van der Waals surface area contributed by atoms with E-state index in [1.54, 1.807) is 14.0 Å². The van der Waals surface area contributed by atoms with E-state index < -0.39 is 5.54 Å². The maximum atomic E-state index is 12.9. The van der Waals surface area contributed by atoms with Crippen molar-refractivity contribution in [3.63, 3.8) is 0 Å². The largest absolute Gasteiger partial charge is 0.464 e. The number of hydrogen-bond donors (Lipinski definition) is 3. The van der Waals surface area contributed by atoms with Crippen molar-refractivity contribution in [2.75, 3.05) is 13.7 Å². The average molecular weight is 327 g/mol. The van der Waals surface area contributed by atoms with E-state index >= 15 is 0 Å². The van der Waals surface area contributed by atoms with Crippen molar-refractivity contribution >= 4 is 12.0 Å². The van der Waals surface area contributed by atoms with Crippen molar-refractivity contribution in [1.82, 2.24) is 16.0 Å². The highest BCUT2D eigenvalue weighted by Crippen LogP contribution is 2.44. The van der Waals surface area contributed by atoms with Gasteiger partial charge in [-0.2, -0.15) is 0 Å². The van der Waals surface area contributed by atoms with Crippen LogP contribution in [-0.2, 0) is 9.53 Å². The number of urea groups is 1. The minimum Gasteiger partial charge on any atom is -0.464 e. The number of carbonyl (C=O) groups is 2. The van der Waals surface area contributed by atoms with Crippen molar-refractivity contribution in [3.8, 4) is 0 Å². The van der Waals surface area contributed by atoms with Crippen LogP contribution in [0.3, 0.4) is 0 Å². The van der Waals surface area contributed by atoms with Gasteiger partial charge in [0.25, 0.3) is 0 Å². The molecule has 3 N–H and O–H groups in total. The summed E-state index contributed by atoms with van der Waals surface area (Å²) in [4.78, 5) is 25.0. The average Bonchev–Trinajstić information content (AvgIpc) is 2.52. The molecule has 0 aromatic rings. The molecule has 1 heterocycles. The Hall–Kier alpha value is -1.30.